The lowest BCUT2D eigenvalue weighted by molar-refractivity contribution is 0.189. The summed E-state index contributed by atoms with van der Waals surface area (Å²) in [7, 11) is 0. The highest BCUT2D eigenvalue weighted by Gasteiger charge is 2.25. The fraction of sp³-hybridized carbons (Fsp3) is 0.393. The Morgan fingerprint density at radius 3 is 2.69 bits per heavy atom. The maximum Gasteiger partial charge on any atom is 0.309 e. The predicted octanol–water partition coefficient (Wildman–Crippen LogP) is 3.20. The Morgan fingerprint density at radius 2 is 1.95 bits per heavy atom. The molecular weight excluding hydrogens is 581 g/mol. The number of furan rings is 1. The van der Waals surface area contributed by atoms with Gasteiger partial charge in [-0.05, 0) is 30.3 Å². The third-order valence-electron chi connectivity index (χ3n) is 7.93. The number of nitrogens with zero attached hydrogens (tertiary/aromatic N) is 6. The molecule has 5 aromatic rings. The van der Waals surface area contributed by atoms with E-state index in [1.54, 1.807) is 23.0 Å². The van der Waals surface area contributed by atoms with E-state index in [2.05, 4.69) is 15.0 Å². The summed E-state index contributed by atoms with van der Waals surface area (Å²) < 4.78 is 42.0. The highest BCUT2D eigenvalue weighted by molar-refractivity contribution is 7.91. The van der Waals surface area contributed by atoms with Gasteiger partial charge >= 0.3 is 4.87 Å². The molecule has 0 bridgehead atoms. The number of thiazole rings is 1. The van der Waals surface area contributed by atoms with Gasteiger partial charge in [-0.3, -0.25) is 14.3 Å². The van der Waals surface area contributed by atoms with Gasteiger partial charge < -0.3 is 24.3 Å². The van der Waals surface area contributed by atoms with E-state index in [0.29, 0.717) is 71.7 Å². The van der Waals surface area contributed by atoms with Gasteiger partial charge in [0.15, 0.2) is 11.4 Å². The summed E-state index contributed by atoms with van der Waals surface area (Å²) in [5.41, 5.74) is 8.67. The Morgan fingerprint density at radius 1 is 1.14 bits per heavy atom. The molecular formula is C28H30FN7O4S2. The summed E-state index contributed by atoms with van der Waals surface area (Å²) in [5.74, 6) is 2.30. The molecule has 6 heterocycles. The van der Waals surface area contributed by atoms with Gasteiger partial charge in [-0.1, -0.05) is 22.5 Å². The largest absolute Gasteiger partial charge is 0.616 e. The molecule has 1 aromatic carbocycles. The quantitative estimate of drug-likeness (QED) is 0.276. The molecule has 2 fully saturated rings. The number of hydrogen-bond acceptors (Lipinski definition) is 10. The van der Waals surface area contributed by atoms with E-state index in [-0.39, 0.29) is 22.7 Å². The van der Waals surface area contributed by atoms with Crippen molar-refractivity contribution in [2.24, 2.45) is 0 Å². The Labute approximate surface area is 247 Å². The number of aromatic nitrogens is 4. The molecule has 0 aliphatic carbocycles. The molecule has 0 spiro atoms. The minimum Gasteiger partial charge on any atom is -0.616 e. The van der Waals surface area contributed by atoms with E-state index in [0.717, 1.165) is 42.0 Å². The number of fused-ring (bicyclic) bond motifs is 3. The summed E-state index contributed by atoms with van der Waals surface area (Å²) in [6, 6.07) is 10.5. The van der Waals surface area contributed by atoms with Crippen LogP contribution in [0.2, 0.25) is 0 Å². The summed E-state index contributed by atoms with van der Waals surface area (Å²) in [6.07, 6.45) is 3.03. The van der Waals surface area contributed by atoms with Crippen LogP contribution in [0.4, 0.5) is 16.0 Å². The molecule has 11 nitrogen and oxygen atoms in total. The van der Waals surface area contributed by atoms with Crippen LogP contribution in [0.15, 0.2) is 51.9 Å². The molecule has 2 saturated heterocycles. The van der Waals surface area contributed by atoms with E-state index in [1.807, 2.05) is 23.1 Å². The van der Waals surface area contributed by atoms with E-state index < -0.39 is 11.2 Å². The molecule has 220 valence electrons. The molecule has 4 aromatic heterocycles. The van der Waals surface area contributed by atoms with Crippen LogP contribution in [0.5, 0.6) is 5.75 Å². The van der Waals surface area contributed by atoms with Gasteiger partial charge in [0.05, 0.1) is 17.5 Å². The zero-order valence-corrected chi connectivity index (χ0v) is 24.4. The van der Waals surface area contributed by atoms with Crippen molar-refractivity contribution in [3.8, 4) is 17.2 Å². The van der Waals surface area contributed by atoms with Crippen molar-refractivity contribution in [3.63, 3.8) is 0 Å². The fourth-order valence-electron chi connectivity index (χ4n) is 5.64. The molecule has 2 aliphatic rings. The second-order valence-electron chi connectivity index (χ2n) is 10.6. The van der Waals surface area contributed by atoms with Gasteiger partial charge in [0, 0.05) is 58.2 Å². The predicted molar refractivity (Wildman–Crippen MR) is 161 cm³/mol. The molecule has 0 atom stereocenters. The maximum atomic E-state index is 15.1. The molecule has 0 radical (unpaired) electrons. The van der Waals surface area contributed by atoms with Crippen LogP contribution in [-0.4, -0.2) is 79.0 Å². The lowest BCUT2D eigenvalue weighted by atomic mass is 10.2. The fourth-order valence-corrected chi connectivity index (χ4v) is 7.86. The van der Waals surface area contributed by atoms with Crippen molar-refractivity contribution < 1.29 is 18.1 Å². The number of hydrogen-bond donors (Lipinski definition) is 1. The third-order valence-corrected chi connectivity index (χ3v) is 10.3. The first-order valence-electron chi connectivity index (χ1n) is 13.9. The van der Waals surface area contributed by atoms with Gasteiger partial charge in [-0.25, -0.2) is 4.39 Å². The normalized spacial score (nSPS) is 20.1. The number of nitrogen functional groups attached to an aromatic ring is 1. The van der Waals surface area contributed by atoms with Crippen molar-refractivity contribution >= 4 is 50.0 Å². The zero-order valence-electron chi connectivity index (χ0n) is 22.8. The zero-order chi connectivity index (χ0) is 28.8. The van der Waals surface area contributed by atoms with Crippen molar-refractivity contribution in [1.82, 2.24) is 24.1 Å². The molecule has 2 aliphatic heterocycles. The molecule has 14 heteroatoms. The molecule has 0 unspecified atom stereocenters. The van der Waals surface area contributed by atoms with Crippen LogP contribution in [0.25, 0.3) is 27.3 Å². The van der Waals surface area contributed by atoms with Crippen molar-refractivity contribution in [1.29, 1.82) is 0 Å². The number of nitrogens with two attached hydrogens (primary N) is 1. The first-order chi connectivity index (χ1) is 20.4. The van der Waals surface area contributed by atoms with E-state index in [1.165, 1.54) is 10.6 Å². The highest BCUT2D eigenvalue weighted by Crippen LogP contribution is 2.29. The van der Waals surface area contributed by atoms with Gasteiger partial charge in [-0.15, -0.1) is 0 Å². The average molecular weight is 612 g/mol. The second-order valence-corrected chi connectivity index (χ2v) is 13.2. The van der Waals surface area contributed by atoms with E-state index >= 15 is 4.39 Å². The van der Waals surface area contributed by atoms with Crippen molar-refractivity contribution in [2.75, 3.05) is 54.9 Å². The SMILES string of the molecule is Nc1nc2c(sc(=O)n2CCN2CCN(c3ccc(OC4CC[S+]([O-])CC4)cc3F)CC2)c2cc(-c3ccco3)nn12. The summed E-state index contributed by atoms with van der Waals surface area (Å²) >= 11 is 0.374. The molecule has 0 amide bonds. The van der Waals surface area contributed by atoms with Crippen LogP contribution in [0.3, 0.4) is 0 Å². The average Bonchev–Trinajstić information content (AvgIpc) is 3.73. The first-order valence-corrected chi connectivity index (χ1v) is 16.2. The summed E-state index contributed by atoms with van der Waals surface area (Å²) in [6.45, 7) is 3.94. The number of piperazine rings is 1. The van der Waals surface area contributed by atoms with E-state index in [4.69, 9.17) is 14.9 Å². The van der Waals surface area contributed by atoms with Crippen LogP contribution < -0.4 is 20.2 Å². The van der Waals surface area contributed by atoms with Gasteiger partial charge in [0.2, 0.25) is 5.95 Å². The lowest BCUT2D eigenvalue weighted by Gasteiger charge is -2.36. The minimum absolute atomic E-state index is 0.0127. The topological polar surface area (TPSA) is 130 Å². The highest BCUT2D eigenvalue weighted by atomic mass is 32.2. The molecule has 0 saturated carbocycles. The molecule has 7 rings (SSSR count). The number of rotatable bonds is 7. The Kier molecular flexibility index (Phi) is 7.30. The second kappa shape index (κ2) is 11.2. The summed E-state index contributed by atoms with van der Waals surface area (Å²) in [5, 5.41) is 4.51. The summed E-state index contributed by atoms with van der Waals surface area (Å²) in [4.78, 5) is 21.7. The van der Waals surface area contributed by atoms with Crippen LogP contribution in [0.1, 0.15) is 12.8 Å². The third kappa shape index (κ3) is 5.23. The monoisotopic (exact) mass is 611 g/mol. The molecule has 2 N–H and O–H groups in total. The number of anilines is 2. The lowest BCUT2D eigenvalue weighted by Crippen LogP contribution is -2.47. The number of ether oxygens (including phenoxy) is 1. The van der Waals surface area contributed by atoms with Gasteiger partial charge in [0.1, 0.15) is 39.6 Å². The number of halogens is 1. The Bertz CT molecular complexity index is 1770. The Hall–Kier alpha value is -3.59. The standard InChI is InChI=1S/C28H30FN7O4S2/c29-20-16-19(40-18-5-14-42(38)15-6-18)3-4-22(20)34-10-7-33(8-11-34)9-12-35-26-25(41-28(35)37)23-17-21(24-2-1-13-39-24)32-36(23)27(30)31-26/h1-4,13,16-18H,5-12,14-15H2,(H2,30,31). The smallest absolute Gasteiger partial charge is 0.309 e. The minimum atomic E-state index is -0.757. The van der Waals surface area contributed by atoms with Crippen LogP contribution in [-0.2, 0) is 17.7 Å². The maximum absolute atomic E-state index is 15.1. The van der Waals surface area contributed by atoms with E-state index in [9.17, 15) is 9.35 Å². The molecule has 42 heavy (non-hydrogen) atoms. The first kappa shape index (κ1) is 27.3. The van der Waals surface area contributed by atoms with Crippen molar-refractivity contribution in [2.45, 2.75) is 25.5 Å². The van der Waals surface area contributed by atoms with Crippen LogP contribution in [0, 0.1) is 5.82 Å². The van der Waals surface area contributed by atoms with Gasteiger partial charge in [0.25, 0.3) is 0 Å². The van der Waals surface area contributed by atoms with Crippen molar-refractivity contribution in [3.05, 3.63) is 58.1 Å². The van der Waals surface area contributed by atoms with Gasteiger partial charge in [-0.2, -0.15) is 14.6 Å². The Balaban J connectivity index is 0.996. The van der Waals surface area contributed by atoms with Crippen LogP contribution >= 0.6 is 11.3 Å². The number of benzene rings is 1.